The van der Waals surface area contributed by atoms with Crippen LogP contribution in [0.5, 0.6) is 11.5 Å². The van der Waals surface area contributed by atoms with E-state index in [0.29, 0.717) is 48.0 Å². The van der Waals surface area contributed by atoms with Crippen LogP contribution >= 0.6 is 0 Å². The van der Waals surface area contributed by atoms with Crippen molar-refractivity contribution in [1.82, 2.24) is 15.3 Å². The lowest BCUT2D eigenvalue weighted by atomic mass is 10.0. The Bertz CT molecular complexity index is 1160. The number of benzene rings is 1. The topological polar surface area (TPSA) is 109 Å². The highest BCUT2D eigenvalue weighted by molar-refractivity contribution is 6.06. The van der Waals surface area contributed by atoms with Crippen LogP contribution in [-0.2, 0) is 6.42 Å². The van der Waals surface area contributed by atoms with E-state index in [2.05, 4.69) is 20.6 Å². The number of anilines is 2. The Labute approximate surface area is 197 Å². The van der Waals surface area contributed by atoms with Crippen molar-refractivity contribution < 1.29 is 23.8 Å². The Balaban J connectivity index is 0.00000158. The van der Waals surface area contributed by atoms with Crippen molar-refractivity contribution in [2.75, 3.05) is 32.7 Å². The van der Waals surface area contributed by atoms with E-state index in [0.717, 1.165) is 24.8 Å². The molecule has 4 rings (SSSR count). The first-order valence-electron chi connectivity index (χ1n) is 10.9. The average Bonchev–Trinajstić information content (AvgIpc) is 3.23. The number of ether oxygens (including phenoxy) is 2. The number of nitrogens with one attached hydrogen (secondary N) is 3. The monoisotopic (exact) mass is 468 g/mol. The molecule has 0 saturated carbocycles. The number of nitrogens with zero attached hydrogens (tertiary/aromatic N) is 1. The number of aliphatic hydroxyl groups is 1. The summed E-state index contributed by atoms with van der Waals surface area (Å²) in [6, 6.07) is 6.44. The van der Waals surface area contributed by atoms with Crippen molar-refractivity contribution in [3.8, 4) is 22.8 Å². The number of aliphatic hydroxyl groups excluding tert-OH is 1. The highest BCUT2D eigenvalue weighted by Gasteiger charge is 2.28. The van der Waals surface area contributed by atoms with Gasteiger partial charge in [-0.25, -0.2) is 4.39 Å². The highest BCUT2D eigenvalue weighted by atomic mass is 19.1. The summed E-state index contributed by atoms with van der Waals surface area (Å²) in [5, 5.41) is 13.1. The molecule has 0 atom stereocenters. The number of H-pyrrole nitrogens is 1. The molecule has 34 heavy (non-hydrogen) atoms. The molecule has 180 valence electrons. The van der Waals surface area contributed by atoms with E-state index in [4.69, 9.17) is 14.6 Å². The van der Waals surface area contributed by atoms with Crippen LogP contribution < -0.4 is 20.1 Å². The number of fused-ring (bicyclic) bond motifs is 1. The van der Waals surface area contributed by atoms with Gasteiger partial charge in [0, 0.05) is 37.5 Å². The van der Waals surface area contributed by atoms with Crippen LogP contribution in [0.2, 0.25) is 0 Å². The molecular formula is C25H29FN4O4. The molecule has 4 N–H and O–H groups in total. The zero-order valence-corrected chi connectivity index (χ0v) is 19.4. The Morgan fingerprint density at radius 1 is 1.29 bits per heavy atom. The van der Waals surface area contributed by atoms with E-state index in [1.54, 1.807) is 24.5 Å². The molecule has 0 saturated heterocycles. The molecule has 0 bridgehead atoms. The first kappa shape index (κ1) is 24.8. The molecule has 3 heterocycles. The number of pyridine rings is 1. The lowest BCUT2D eigenvalue weighted by molar-refractivity contribution is 0.0947. The second-order valence-electron chi connectivity index (χ2n) is 7.26. The third kappa shape index (κ3) is 5.20. The van der Waals surface area contributed by atoms with Gasteiger partial charge in [-0.2, -0.15) is 0 Å². The number of aromatic amines is 1. The molecule has 0 spiro atoms. The molecule has 0 aliphatic carbocycles. The second-order valence-corrected chi connectivity index (χ2v) is 7.26. The predicted molar refractivity (Wildman–Crippen MR) is 129 cm³/mol. The van der Waals surface area contributed by atoms with E-state index >= 15 is 0 Å². The van der Waals surface area contributed by atoms with E-state index in [-0.39, 0.29) is 11.7 Å². The first-order valence-corrected chi connectivity index (χ1v) is 10.9. The number of amides is 1. The number of hydrogen-bond acceptors (Lipinski definition) is 6. The number of halogens is 1. The van der Waals surface area contributed by atoms with Gasteiger partial charge in [-0.3, -0.25) is 9.78 Å². The van der Waals surface area contributed by atoms with Gasteiger partial charge in [0.1, 0.15) is 5.75 Å². The number of methoxy groups -OCH3 is 1. The fourth-order valence-corrected chi connectivity index (χ4v) is 3.76. The summed E-state index contributed by atoms with van der Waals surface area (Å²) in [4.78, 5) is 20.3. The molecule has 3 aromatic rings. The predicted octanol–water partition coefficient (Wildman–Crippen LogP) is 4.21. The number of carbonyl (C=O) groups is 1. The third-order valence-electron chi connectivity index (χ3n) is 5.23. The van der Waals surface area contributed by atoms with Gasteiger partial charge < -0.3 is 30.2 Å². The third-order valence-corrected chi connectivity index (χ3v) is 5.23. The van der Waals surface area contributed by atoms with Crippen molar-refractivity contribution in [2.45, 2.75) is 19.8 Å². The van der Waals surface area contributed by atoms with Crippen molar-refractivity contribution in [3.05, 3.63) is 65.9 Å². The summed E-state index contributed by atoms with van der Waals surface area (Å²) >= 11 is 0. The fourth-order valence-electron chi connectivity index (χ4n) is 3.76. The van der Waals surface area contributed by atoms with Gasteiger partial charge in [-0.1, -0.05) is 18.2 Å². The number of para-hydroxylation sites is 1. The Kier molecular flexibility index (Phi) is 8.64. The molecule has 9 heteroatoms. The SMILES string of the molecule is C/C=C\CCOc1cnccc1-c1[nH]c2c(c1Nc1cccc(F)c1OC)C(=O)NCC2.CO. The van der Waals surface area contributed by atoms with Gasteiger partial charge in [0.2, 0.25) is 0 Å². The Morgan fingerprint density at radius 3 is 2.88 bits per heavy atom. The maximum Gasteiger partial charge on any atom is 0.255 e. The minimum Gasteiger partial charge on any atom is -0.492 e. The molecule has 8 nitrogen and oxygen atoms in total. The molecule has 2 aromatic heterocycles. The fraction of sp³-hybridized carbons (Fsp3) is 0.280. The largest absolute Gasteiger partial charge is 0.492 e. The zero-order chi connectivity index (χ0) is 24.5. The first-order chi connectivity index (χ1) is 16.6. The Morgan fingerprint density at radius 2 is 2.12 bits per heavy atom. The lowest BCUT2D eigenvalue weighted by Gasteiger charge is -2.17. The van der Waals surface area contributed by atoms with E-state index in [1.807, 2.05) is 25.1 Å². The number of allylic oxidation sites excluding steroid dienone is 1. The summed E-state index contributed by atoms with van der Waals surface area (Å²) in [5.41, 5.74) is 3.67. The maximum absolute atomic E-state index is 14.3. The van der Waals surface area contributed by atoms with Gasteiger partial charge >= 0.3 is 0 Å². The normalized spacial score (nSPS) is 12.4. The van der Waals surface area contributed by atoms with Gasteiger partial charge in [0.05, 0.1) is 42.5 Å². The smallest absolute Gasteiger partial charge is 0.255 e. The Hall–Kier alpha value is -3.85. The van der Waals surface area contributed by atoms with Crippen LogP contribution in [0.4, 0.5) is 15.8 Å². The number of carbonyl (C=O) groups excluding carboxylic acids is 1. The van der Waals surface area contributed by atoms with Gasteiger partial charge in [0.25, 0.3) is 5.91 Å². The van der Waals surface area contributed by atoms with Crippen molar-refractivity contribution in [2.24, 2.45) is 0 Å². The van der Waals surface area contributed by atoms with Crippen molar-refractivity contribution in [1.29, 1.82) is 0 Å². The molecule has 0 radical (unpaired) electrons. The molecule has 1 aliphatic rings. The van der Waals surface area contributed by atoms with Gasteiger partial charge in [-0.15, -0.1) is 0 Å². The summed E-state index contributed by atoms with van der Waals surface area (Å²) in [6.45, 7) is 2.99. The number of hydrogen-bond donors (Lipinski definition) is 4. The molecule has 1 aromatic carbocycles. The van der Waals surface area contributed by atoms with E-state index in [1.165, 1.54) is 13.2 Å². The van der Waals surface area contributed by atoms with Gasteiger partial charge in [0.15, 0.2) is 11.6 Å². The molecule has 1 amide bonds. The van der Waals surface area contributed by atoms with E-state index in [9.17, 15) is 9.18 Å². The van der Waals surface area contributed by atoms with Crippen molar-refractivity contribution >= 4 is 17.3 Å². The minimum atomic E-state index is -0.496. The molecular weight excluding hydrogens is 439 g/mol. The quantitative estimate of drug-likeness (QED) is 0.291. The maximum atomic E-state index is 14.3. The molecule has 1 aliphatic heterocycles. The van der Waals surface area contributed by atoms with E-state index < -0.39 is 5.82 Å². The van der Waals surface area contributed by atoms with Crippen LogP contribution in [0.15, 0.2) is 48.8 Å². The second kappa shape index (κ2) is 11.9. The van der Waals surface area contributed by atoms with Crippen molar-refractivity contribution in [3.63, 3.8) is 0 Å². The molecule has 0 unspecified atom stereocenters. The molecule has 0 fully saturated rings. The number of rotatable bonds is 8. The summed E-state index contributed by atoms with van der Waals surface area (Å²) in [6.07, 6.45) is 8.73. The van der Waals surface area contributed by atoms with Crippen LogP contribution in [0.3, 0.4) is 0 Å². The average molecular weight is 469 g/mol. The number of aromatic nitrogens is 2. The van der Waals surface area contributed by atoms with Crippen LogP contribution in [0.25, 0.3) is 11.3 Å². The summed E-state index contributed by atoms with van der Waals surface area (Å²) in [5.74, 6) is -0.0338. The zero-order valence-electron chi connectivity index (χ0n) is 19.4. The van der Waals surface area contributed by atoms with Gasteiger partial charge in [-0.05, 0) is 31.5 Å². The van der Waals surface area contributed by atoms with Crippen LogP contribution in [-0.4, -0.2) is 48.4 Å². The summed E-state index contributed by atoms with van der Waals surface area (Å²) in [7, 11) is 2.41. The highest BCUT2D eigenvalue weighted by Crippen LogP contribution is 2.41. The van der Waals surface area contributed by atoms with Crippen LogP contribution in [0, 0.1) is 5.82 Å². The minimum absolute atomic E-state index is 0.0715. The lowest BCUT2D eigenvalue weighted by Crippen LogP contribution is -2.31. The summed E-state index contributed by atoms with van der Waals surface area (Å²) < 4.78 is 25.5. The standard InChI is InChI=1S/C24H25FN4O3.CH4O/c1-3-4-5-13-32-19-14-26-11-9-15(19)21-22(20-17(28-21)10-12-27-24(20)30)29-18-8-6-7-16(25)23(18)31-2;1-2/h3-4,6-9,11,14,28-29H,5,10,12-13H2,1-2H3,(H,27,30);2H,1H3/b4-3-;. The van der Waals surface area contributed by atoms with Crippen LogP contribution in [0.1, 0.15) is 29.4 Å².